The molecule has 0 unspecified atom stereocenters. The van der Waals surface area contributed by atoms with E-state index in [9.17, 15) is 4.79 Å². The molecule has 4 heteroatoms. The maximum Gasteiger partial charge on any atom is 0.323 e. The van der Waals surface area contributed by atoms with Gasteiger partial charge in [-0.3, -0.25) is 4.79 Å². The maximum absolute atomic E-state index is 11.2. The van der Waals surface area contributed by atoms with E-state index >= 15 is 0 Å². The molecular formula is C9H16INO2. The molecule has 0 aromatic heterocycles. The average molecular weight is 297 g/mol. The highest BCUT2D eigenvalue weighted by Crippen LogP contribution is 2.41. The number of hydrogen-bond donors (Lipinski definition) is 1. The third-order valence-corrected chi connectivity index (χ3v) is 3.26. The number of nitrogens with two attached hydrogens (primary N) is 1. The van der Waals surface area contributed by atoms with Crippen molar-refractivity contribution in [3.8, 4) is 0 Å². The molecule has 0 spiro atoms. The number of carbonyl (C=O) groups is 1. The van der Waals surface area contributed by atoms with Crippen molar-refractivity contribution in [2.24, 2.45) is 11.1 Å². The second-order valence-electron chi connectivity index (χ2n) is 4.39. The molecule has 0 aromatic rings. The SMILES string of the molecule is CC1(C)CC(OC(=O)[C@@H](N)CI)C1. The summed E-state index contributed by atoms with van der Waals surface area (Å²) in [5.41, 5.74) is 5.88. The summed E-state index contributed by atoms with van der Waals surface area (Å²) in [5.74, 6) is -0.255. The fourth-order valence-corrected chi connectivity index (χ4v) is 1.93. The molecule has 13 heavy (non-hydrogen) atoms. The Kier molecular flexibility index (Phi) is 3.57. The molecule has 0 amide bonds. The number of alkyl halides is 1. The van der Waals surface area contributed by atoms with Crippen molar-refractivity contribution in [3.05, 3.63) is 0 Å². The summed E-state index contributed by atoms with van der Waals surface area (Å²) in [5, 5.41) is 0. The summed E-state index contributed by atoms with van der Waals surface area (Å²) >= 11 is 2.09. The van der Waals surface area contributed by atoms with E-state index in [1.165, 1.54) is 0 Å². The first-order valence-electron chi connectivity index (χ1n) is 4.47. The molecule has 0 aliphatic heterocycles. The summed E-state index contributed by atoms with van der Waals surface area (Å²) in [7, 11) is 0. The van der Waals surface area contributed by atoms with Crippen LogP contribution < -0.4 is 5.73 Å². The van der Waals surface area contributed by atoms with Crippen molar-refractivity contribution in [2.75, 3.05) is 4.43 Å². The van der Waals surface area contributed by atoms with Gasteiger partial charge in [0.2, 0.25) is 0 Å². The Morgan fingerprint density at radius 2 is 2.23 bits per heavy atom. The Balaban J connectivity index is 2.24. The van der Waals surface area contributed by atoms with Crippen molar-refractivity contribution in [3.63, 3.8) is 0 Å². The molecule has 1 atom stereocenters. The monoisotopic (exact) mass is 297 g/mol. The lowest BCUT2D eigenvalue weighted by Gasteiger charge is -2.41. The van der Waals surface area contributed by atoms with Crippen molar-refractivity contribution in [1.82, 2.24) is 0 Å². The first kappa shape index (κ1) is 11.2. The van der Waals surface area contributed by atoms with Crippen LogP contribution in [0.4, 0.5) is 0 Å². The first-order chi connectivity index (χ1) is 5.94. The summed E-state index contributed by atoms with van der Waals surface area (Å²) in [6.45, 7) is 4.35. The molecule has 1 saturated carbocycles. The largest absolute Gasteiger partial charge is 0.461 e. The van der Waals surface area contributed by atoms with E-state index in [0.717, 1.165) is 12.8 Å². The summed E-state index contributed by atoms with van der Waals surface area (Å²) in [6, 6.07) is -0.454. The fourth-order valence-electron chi connectivity index (χ4n) is 1.57. The lowest BCUT2D eigenvalue weighted by molar-refractivity contribution is -0.160. The van der Waals surface area contributed by atoms with E-state index < -0.39 is 6.04 Å². The molecule has 0 bridgehead atoms. The van der Waals surface area contributed by atoms with Crippen molar-refractivity contribution < 1.29 is 9.53 Å². The number of rotatable bonds is 3. The lowest BCUT2D eigenvalue weighted by Crippen LogP contribution is -2.43. The van der Waals surface area contributed by atoms with E-state index in [-0.39, 0.29) is 12.1 Å². The third kappa shape index (κ3) is 3.09. The molecule has 0 heterocycles. The standard InChI is InChI=1S/C9H16INO2/c1-9(2)3-6(4-9)13-8(12)7(11)5-10/h6-7H,3-5,11H2,1-2H3/t7-/m0/s1. The van der Waals surface area contributed by atoms with Gasteiger partial charge in [-0.05, 0) is 18.3 Å². The van der Waals surface area contributed by atoms with Crippen LogP contribution in [0.1, 0.15) is 26.7 Å². The molecule has 1 fully saturated rings. The Morgan fingerprint density at radius 1 is 1.69 bits per heavy atom. The molecule has 0 radical (unpaired) electrons. The van der Waals surface area contributed by atoms with Gasteiger partial charge >= 0.3 is 5.97 Å². The third-order valence-electron chi connectivity index (χ3n) is 2.31. The minimum Gasteiger partial charge on any atom is -0.461 e. The highest BCUT2D eigenvalue weighted by Gasteiger charge is 2.39. The summed E-state index contributed by atoms with van der Waals surface area (Å²) in [6.07, 6.45) is 2.04. The predicted molar refractivity (Wildman–Crippen MR) is 59.8 cm³/mol. The summed E-state index contributed by atoms with van der Waals surface area (Å²) in [4.78, 5) is 11.2. The van der Waals surface area contributed by atoms with Crippen molar-refractivity contribution in [1.29, 1.82) is 0 Å². The number of halogens is 1. The van der Waals surface area contributed by atoms with Gasteiger partial charge in [0.1, 0.15) is 12.1 Å². The summed E-state index contributed by atoms with van der Waals surface area (Å²) < 4.78 is 5.82. The maximum atomic E-state index is 11.2. The zero-order valence-electron chi connectivity index (χ0n) is 8.05. The van der Waals surface area contributed by atoms with Gasteiger partial charge in [-0.2, -0.15) is 0 Å². The van der Waals surface area contributed by atoms with Gasteiger partial charge in [0.05, 0.1) is 0 Å². The Hall–Kier alpha value is 0.160. The Morgan fingerprint density at radius 3 is 2.62 bits per heavy atom. The fraction of sp³-hybridized carbons (Fsp3) is 0.889. The van der Waals surface area contributed by atoms with Gasteiger partial charge in [0.25, 0.3) is 0 Å². The lowest BCUT2D eigenvalue weighted by atomic mass is 9.70. The topological polar surface area (TPSA) is 52.3 Å². The zero-order chi connectivity index (χ0) is 10.1. The number of carbonyl (C=O) groups excluding carboxylic acids is 1. The van der Waals surface area contributed by atoms with E-state index in [4.69, 9.17) is 10.5 Å². The van der Waals surface area contributed by atoms with Crippen LogP contribution in [0.15, 0.2) is 0 Å². The van der Waals surface area contributed by atoms with Crippen LogP contribution in [0.25, 0.3) is 0 Å². The van der Waals surface area contributed by atoms with E-state index in [0.29, 0.717) is 9.84 Å². The van der Waals surface area contributed by atoms with Gasteiger partial charge in [-0.25, -0.2) is 0 Å². The number of ether oxygens (including phenoxy) is 1. The van der Waals surface area contributed by atoms with E-state index in [2.05, 4.69) is 36.4 Å². The molecular weight excluding hydrogens is 281 g/mol. The molecule has 0 saturated heterocycles. The first-order valence-corrected chi connectivity index (χ1v) is 5.99. The molecule has 0 aromatic carbocycles. The molecule has 76 valence electrons. The van der Waals surface area contributed by atoms with Crippen LogP contribution >= 0.6 is 22.6 Å². The van der Waals surface area contributed by atoms with Crippen LogP contribution in [-0.2, 0) is 9.53 Å². The predicted octanol–water partition coefficient (Wildman–Crippen LogP) is 1.48. The van der Waals surface area contributed by atoms with Crippen molar-refractivity contribution in [2.45, 2.75) is 38.8 Å². The van der Waals surface area contributed by atoms with Crippen LogP contribution in [0, 0.1) is 5.41 Å². The quantitative estimate of drug-likeness (QED) is 0.488. The van der Waals surface area contributed by atoms with Gasteiger partial charge in [-0.15, -0.1) is 0 Å². The second kappa shape index (κ2) is 4.13. The van der Waals surface area contributed by atoms with Gasteiger partial charge < -0.3 is 10.5 Å². The van der Waals surface area contributed by atoms with Gasteiger partial charge in [0, 0.05) is 4.43 Å². The molecule has 1 rings (SSSR count). The smallest absolute Gasteiger partial charge is 0.323 e. The Labute approximate surface area is 92.5 Å². The van der Waals surface area contributed by atoms with E-state index in [1.54, 1.807) is 0 Å². The van der Waals surface area contributed by atoms with Gasteiger partial charge in [-0.1, -0.05) is 36.4 Å². The highest BCUT2D eigenvalue weighted by atomic mass is 127. The minimum atomic E-state index is -0.454. The second-order valence-corrected chi connectivity index (χ2v) is 5.27. The van der Waals surface area contributed by atoms with Crippen LogP contribution in [0.2, 0.25) is 0 Å². The number of esters is 1. The highest BCUT2D eigenvalue weighted by molar-refractivity contribution is 14.1. The van der Waals surface area contributed by atoms with Crippen LogP contribution in [-0.4, -0.2) is 22.5 Å². The molecule has 2 N–H and O–H groups in total. The average Bonchev–Trinajstić information content (AvgIpc) is 1.99. The van der Waals surface area contributed by atoms with Gasteiger partial charge in [0.15, 0.2) is 0 Å². The van der Waals surface area contributed by atoms with Crippen LogP contribution in [0.5, 0.6) is 0 Å². The molecule has 3 nitrogen and oxygen atoms in total. The van der Waals surface area contributed by atoms with Crippen LogP contribution in [0.3, 0.4) is 0 Å². The van der Waals surface area contributed by atoms with E-state index in [1.807, 2.05) is 0 Å². The zero-order valence-corrected chi connectivity index (χ0v) is 10.2. The van der Waals surface area contributed by atoms with Crippen molar-refractivity contribution >= 4 is 28.6 Å². The number of hydrogen-bond acceptors (Lipinski definition) is 3. The molecule has 1 aliphatic carbocycles. The Bertz CT molecular complexity index is 198. The molecule has 1 aliphatic rings. The minimum absolute atomic E-state index is 0.108. The normalized spacial score (nSPS) is 23.4.